The quantitative estimate of drug-likeness (QED) is 0.518. The summed E-state index contributed by atoms with van der Waals surface area (Å²) in [4.78, 5) is 15.7. The number of aryl methyl sites for hydroxylation is 2. The number of rotatable bonds is 7. The second kappa shape index (κ2) is 9.97. The average molecular weight is 470 g/mol. The Labute approximate surface area is 195 Å². The summed E-state index contributed by atoms with van der Waals surface area (Å²) in [6.07, 6.45) is 7.37. The normalized spacial score (nSPS) is 17.3. The predicted molar refractivity (Wildman–Crippen MR) is 126 cm³/mol. The van der Waals surface area contributed by atoms with Gasteiger partial charge in [0.2, 0.25) is 15.9 Å². The molecule has 4 rings (SSSR count). The molecule has 0 spiro atoms. The van der Waals surface area contributed by atoms with Crippen molar-refractivity contribution in [1.29, 1.82) is 0 Å². The van der Waals surface area contributed by atoms with Crippen molar-refractivity contribution in [2.75, 3.05) is 13.1 Å². The minimum absolute atomic E-state index is 0.00237. The first-order chi connectivity index (χ1) is 15.9. The van der Waals surface area contributed by atoms with E-state index in [2.05, 4.69) is 0 Å². The van der Waals surface area contributed by atoms with Crippen LogP contribution < -0.4 is 0 Å². The lowest BCUT2D eigenvalue weighted by molar-refractivity contribution is -0.134. The number of likely N-dealkylation sites (tertiary alicyclic amines) is 1. The molecule has 33 heavy (non-hydrogen) atoms. The number of hydrogen-bond donors (Lipinski definition) is 0. The van der Waals surface area contributed by atoms with E-state index >= 15 is 0 Å². The molecule has 1 aliphatic rings. The lowest BCUT2D eigenvalue weighted by Gasteiger charge is -2.32. The Hall–Kier alpha value is -2.84. The van der Waals surface area contributed by atoms with Gasteiger partial charge in [0.1, 0.15) is 5.76 Å². The van der Waals surface area contributed by atoms with Crippen LogP contribution in [-0.4, -0.2) is 41.2 Å². The third-order valence-corrected chi connectivity index (χ3v) is 8.09. The zero-order valence-corrected chi connectivity index (χ0v) is 20.0. The van der Waals surface area contributed by atoms with Crippen LogP contribution >= 0.6 is 0 Å². The molecule has 7 nitrogen and oxygen atoms in total. The van der Waals surface area contributed by atoms with Crippen LogP contribution in [0.1, 0.15) is 48.7 Å². The van der Waals surface area contributed by atoms with Gasteiger partial charge in [-0.2, -0.15) is 4.31 Å². The summed E-state index contributed by atoms with van der Waals surface area (Å²) in [6, 6.07) is 14.1. The molecule has 0 aliphatic carbocycles. The fourth-order valence-electron chi connectivity index (χ4n) is 4.44. The SMILES string of the molecule is Cc1ccc(S(=O)(=O)N(CC(=O)N2CCCCC[C@H]2c2cccn2C)Cc2ccco2)cc1. The van der Waals surface area contributed by atoms with Gasteiger partial charge in [-0.3, -0.25) is 4.79 Å². The number of benzene rings is 1. The Balaban J connectivity index is 1.63. The molecule has 0 N–H and O–H groups in total. The van der Waals surface area contributed by atoms with E-state index in [9.17, 15) is 13.2 Å². The maximum Gasteiger partial charge on any atom is 0.243 e. The van der Waals surface area contributed by atoms with Crippen LogP contribution in [-0.2, 0) is 28.4 Å². The van der Waals surface area contributed by atoms with E-state index in [1.165, 1.54) is 10.6 Å². The topological polar surface area (TPSA) is 75.8 Å². The zero-order chi connectivity index (χ0) is 23.4. The van der Waals surface area contributed by atoms with Gasteiger partial charge in [-0.05, 0) is 56.2 Å². The molecule has 0 saturated carbocycles. The van der Waals surface area contributed by atoms with Gasteiger partial charge in [-0.25, -0.2) is 8.42 Å². The minimum atomic E-state index is -3.90. The largest absolute Gasteiger partial charge is 0.468 e. The molecule has 1 amide bonds. The van der Waals surface area contributed by atoms with Crippen molar-refractivity contribution >= 4 is 15.9 Å². The first-order valence-electron chi connectivity index (χ1n) is 11.4. The number of aromatic nitrogens is 1. The lowest BCUT2D eigenvalue weighted by Crippen LogP contribution is -2.44. The highest BCUT2D eigenvalue weighted by Gasteiger charge is 2.33. The monoisotopic (exact) mass is 469 g/mol. The number of amides is 1. The Kier molecular flexibility index (Phi) is 7.05. The molecule has 1 saturated heterocycles. The smallest absolute Gasteiger partial charge is 0.243 e. The predicted octanol–water partition coefficient (Wildman–Crippen LogP) is 4.26. The summed E-state index contributed by atoms with van der Waals surface area (Å²) < 4.78 is 35.8. The zero-order valence-electron chi connectivity index (χ0n) is 19.2. The van der Waals surface area contributed by atoms with Gasteiger partial charge in [-0.15, -0.1) is 0 Å². The summed E-state index contributed by atoms with van der Waals surface area (Å²) in [5, 5.41) is 0. The summed E-state index contributed by atoms with van der Waals surface area (Å²) >= 11 is 0. The Morgan fingerprint density at radius 1 is 1.09 bits per heavy atom. The van der Waals surface area contributed by atoms with Crippen LogP contribution in [0.15, 0.2) is 70.3 Å². The van der Waals surface area contributed by atoms with Crippen molar-refractivity contribution in [2.24, 2.45) is 7.05 Å². The van der Waals surface area contributed by atoms with E-state index in [4.69, 9.17) is 4.42 Å². The lowest BCUT2D eigenvalue weighted by atomic mass is 10.1. The fourth-order valence-corrected chi connectivity index (χ4v) is 5.79. The molecule has 8 heteroatoms. The molecule has 176 valence electrons. The molecule has 3 aromatic rings. The van der Waals surface area contributed by atoms with E-state index < -0.39 is 10.0 Å². The molecule has 1 aromatic carbocycles. The van der Waals surface area contributed by atoms with Crippen molar-refractivity contribution in [2.45, 2.75) is 50.1 Å². The second-order valence-electron chi connectivity index (χ2n) is 8.66. The minimum Gasteiger partial charge on any atom is -0.468 e. The van der Waals surface area contributed by atoms with E-state index in [0.29, 0.717) is 12.3 Å². The molecule has 2 aromatic heterocycles. The van der Waals surface area contributed by atoms with E-state index in [1.54, 1.807) is 36.4 Å². The standard InChI is InChI=1S/C25H31N3O4S/c1-20-11-13-22(14-12-20)33(30,31)27(18-21-8-7-17-32-21)19-25(29)28-16-5-3-4-9-24(28)23-10-6-15-26(23)2/h6-8,10-15,17,24H,3-5,9,16,18-19H2,1-2H3/t24-/m0/s1. The summed E-state index contributed by atoms with van der Waals surface area (Å²) in [7, 11) is -1.92. The third kappa shape index (κ3) is 5.23. The summed E-state index contributed by atoms with van der Waals surface area (Å²) in [5.41, 5.74) is 2.04. The third-order valence-electron chi connectivity index (χ3n) is 6.28. The molecule has 1 aliphatic heterocycles. The molecule has 1 fully saturated rings. The number of carbonyl (C=O) groups excluding carboxylic acids is 1. The highest BCUT2D eigenvalue weighted by atomic mass is 32.2. The van der Waals surface area contributed by atoms with Crippen LogP contribution in [0, 0.1) is 6.92 Å². The van der Waals surface area contributed by atoms with Crippen LogP contribution in [0.2, 0.25) is 0 Å². The van der Waals surface area contributed by atoms with Crippen molar-refractivity contribution in [3.05, 3.63) is 78.0 Å². The number of furan rings is 1. The Bertz CT molecular complexity index is 1170. The van der Waals surface area contributed by atoms with Crippen molar-refractivity contribution in [1.82, 2.24) is 13.8 Å². The number of nitrogens with zero attached hydrogens (tertiary/aromatic N) is 3. The van der Waals surface area contributed by atoms with Crippen molar-refractivity contribution in [3.8, 4) is 0 Å². The molecule has 0 unspecified atom stereocenters. The van der Waals surface area contributed by atoms with Crippen molar-refractivity contribution in [3.63, 3.8) is 0 Å². The maximum atomic E-state index is 13.6. The molecular weight excluding hydrogens is 438 g/mol. The highest BCUT2D eigenvalue weighted by molar-refractivity contribution is 7.89. The van der Waals surface area contributed by atoms with E-state index in [1.807, 2.05) is 41.8 Å². The van der Waals surface area contributed by atoms with Crippen LogP contribution in [0.5, 0.6) is 0 Å². The number of hydrogen-bond acceptors (Lipinski definition) is 4. The van der Waals surface area contributed by atoms with Crippen LogP contribution in [0.3, 0.4) is 0 Å². The van der Waals surface area contributed by atoms with Gasteiger partial charge in [0.15, 0.2) is 0 Å². The van der Waals surface area contributed by atoms with Gasteiger partial charge in [-0.1, -0.05) is 30.5 Å². The highest BCUT2D eigenvalue weighted by Crippen LogP contribution is 2.31. The van der Waals surface area contributed by atoms with Gasteiger partial charge in [0.05, 0.1) is 30.3 Å². The first-order valence-corrected chi connectivity index (χ1v) is 12.8. The van der Waals surface area contributed by atoms with E-state index in [0.717, 1.165) is 36.9 Å². The molecule has 0 radical (unpaired) electrons. The van der Waals surface area contributed by atoms with Gasteiger partial charge in [0.25, 0.3) is 0 Å². The first kappa shape index (κ1) is 23.3. The van der Waals surface area contributed by atoms with Gasteiger partial charge < -0.3 is 13.9 Å². The van der Waals surface area contributed by atoms with E-state index in [-0.39, 0.29) is 29.9 Å². The molecule has 0 bridgehead atoms. The number of carbonyl (C=O) groups is 1. The molecular formula is C25H31N3O4S. The van der Waals surface area contributed by atoms with Gasteiger partial charge in [0, 0.05) is 25.5 Å². The Morgan fingerprint density at radius 2 is 1.88 bits per heavy atom. The summed E-state index contributed by atoms with van der Waals surface area (Å²) in [6.45, 7) is 2.28. The second-order valence-corrected chi connectivity index (χ2v) is 10.6. The summed E-state index contributed by atoms with van der Waals surface area (Å²) in [5.74, 6) is 0.304. The molecule has 1 atom stereocenters. The average Bonchev–Trinajstić information content (AvgIpc) is 3.39. The van der Waals surface area contributed by atoms with Crippen molar-refractivity contribution < 1.29 is 17.6 Å². The molecule has 3 heterocycles. The van der Waals surface area contributed by atoms with Crippen LogP contribution in [0.25, 0.3) is 0 Å². The maximum absolute atomic E-state index is 13.6. The fraction of sp³-hybridized carbons (Fsp3) is 0.400. The van der Waals surface area contributed by atoms with Gasteiger partial charge >= 0.3 is 0 Å². The Morgan fingerprint density at radius 3 is 2.55 bits per heavy atom. The number of sulfonamides is 1. The van der Waals surface area contributed by atoms with Crippen LogP contribution in [0.4, 0.5) is 0 Å².